The van der Waals surface area contributed by atoms with Crippen molar-refractivity contribution in [3.8, 4) is 0 Å². The Balaban J connectivity index is 1.23. The van der Waals surface area contributed by atoms with Crippen molar-refractivity contribution in [3.63, 3.8) is 0 Å². The smallest absolute Gasteiger partial charge is 0.251 e. The Labute approximate surface area is 191 Å². The van der Waals surface area contributed by atoms with Crippen LogP contribution < -0.4 is 10.6 Å². The maximum atomic E-state index is 13.0. The van der Waals surface area contributed by atoms with Crippen molar-refractivity contribution in [1.29, 1.82) is 0 Å². The lowest BCUT2D eigenvalue weighted by atomic mass is 9.68. The van der Waals surface area contributed by atoms with E-state index in [1.165, 1.54) is 67.3 Å². The molecule has 1 heterocycles. The van der Waals surface area contributed by atoms with Crippen molar-refractivity contribution >= 4 is 11.6 Å². The second-order valence-electron chi connectivity index (χ2n) is 10.4. The average molecular weight is 427 g/mol. The minimum Gasteiger partial charge on any atom is -0.378 e. The van der Waals surface area contributed by atoms with Gasteiger partial charge in [0.2, 0.25) is 0 Å². The van der Waals surface area contributed by atoms with Crippen molar-refractivity contribution < 1.29 is 4.79 Å². The monoisotopic (exact) mass is 426 g/mol. The first-order valence-corrected chi connectivity index (χ1v) is 12.7. The number of benzene rings is 2. The normalized spacial score (nSPS) is 30.1. The lowest BCUT2D eigenvalue weighted by molar-refractivity contribution is 0.0953. The Morgan fingerprint density at radius 1 is 1.03 bits per heavy atom. The first-order valence-electron chi connectivity index (χ1n) is 12.7. The van der Waals surface area contributed by atoms with Gasteiger partial charge in [-0.15, -0.1) is 0 Å². The average Bonchev–Trinajstić information content (AvgIpc) is 3.47. The van der Waals surface area contributed by atoms with E-state index in [0.29, 0.717) is 17.9 Å². The summed E-state index contributed by atoms with van der Waals surface area (Å²) >= 11 is 0. The van der Waals surface area contributed by atoms with Crippen LogP contribution in [0.25, 0.3) is 0 Å². The summed E-state index contributed by atoms with van der Waals surface area (Å²) in [4.78, 5) is 13.0. The van der Waals surface area contributed by atoms with Crippen molar-refractivity contribution in [3.05, 3.63) is 76.9 Å². The van der Waals surface area contributed by atoms with E-state index in [1.807, 2.05) is 6.07 Å². The number of carbonyl (C=O) groups is 1. The Kier molecular flexibility index (Phi) is 5.29. The molecular weight excluding hydrogens is 392 g/mol. The molecule has 2 N–H and O–H groups in total. The molecule has 2 saturated carbocycles. The van der Waals surface area contributed by atoms with Crippen molar-refractivity contribution in [1.82, 2.24) is 5.32 Å². The largest absolute Gasteiger partial charge is 0.378 e. The summed E-state index contributed by atoms with van der Waals surface area (Å²) in [6.45, 7) is 0.743. The van der Waals surface area contributed by atoms with Crippen LogP contribution in [0.4, 0.5) is 5.69 Å². The SMILES string of the molecule is O=C(NCCC1=CCCCC1)c1ccc2c(c1)[C@@H]1[C@H]3CC[C@@H](C3)[C@H]1[C@@H](c1ccccc1)N2. The highest BCUT2D eigenvalue weighted by atomic mass is 16.1. The summed E-state index contributed by atoms with van der Waals surface area (Å²) in [5, 5.41) is 7.06. The standard InChI is InChI=1S/C29H34N2O/c32-29(30-16-15-19-7-3-1-4-8-19)23-13-14-25-24(18-23)26-21-11-12-22(17-21)27(26)28(31-25)20-9-5-2-6-10-20/h2,5-7,9-10,13-14,18,21-22,26-28,31H,1,3-4,8,11-12,15-17H2,(H,30,32)/t21-,22-,26-,27+,28+/m0/s1. The van der Waals surface area contributed by atoms with E-state index in [1.54, 1.807) is 0 Å². The number of carbonyl (C=O) groups excluding carboxylic acids is 1. The molecule has 3 heteroatoms. The van der Waals surface area contributed by atoms with Crippen LogP contribution in [-0.4, -0.2) is 12.5 Å². The number of allylic oxidation sites excluding steroid dienone is 1. The highest BCUT2D eigenvalue weighted by Crippen LogP contribution is 2.63. The van der Waals surface area contributed by atoms with Crippen LogP contribution in [0, 0.1) is 17.8 Å². The molecule has 0 radical (unpaired) electrons. The lowest BCUT2D eigenvalue weighted by Crippen LogP contribution is -2.35. The molecule has 0 spiro atoms. The fraction of sp³-hybridized carbons (Fsp3) is 0.483. The van der Waals surface area contributed by atoms with E-state index >= 15 is 0 Å². The molecule has 2 aromatic rings. The van der Waals surface area contributed by atoms with Crippen LogP contribution >= 0.6 is 0 Å². The summed E-state index contributed by atoms with van der Waals surface area (Å²) in [5.74, 6) is 2.87. The van der Waals surface area contributed by atoms with E-state index in [-0.39, 0.29) is 5.91 Å². The number of amides is 1. The van der Waals surface area contributed by atoms with Crippen LogP contribution in [-0.2, 0) is 0 Å². The number of hydrogen-bond donors (Lipinski definition) is 2. The second kappa shape index (κ2) is 8.42. The third kappa shape index (κ3) is 3.56. The zero-order chi connectivity index (χ0) is 21.5. The second-order valence-corrected chi connectivity index (χ2v) is 10.4. The van der Waals surface area contributed by atoms with E-state index < -0.39 is 0 Å². The van der Waals surface area contributed by atoms with E-state index in [4.69, 9.17) is 0 Å². The maximum absolute atomic E-state index is 13.0. The zero-order valence-electron chi connectivity index (χ0n) is 18.9. The predicted octanol–water partition coefficient (Wildman–Crippen LogP) is 6.60. The van der Waals surface area contributed by atoms with Gasteiger partial charge in [0.25, 0.3) is 5.91 Å². The zero-order valence-corrected chi connectivity index (χ0v) is 18.9. The molecule has 32 heavy (non-hydrogen) atoms. The summed E-state index contributed by atoms with van der Waals surface area (Å²) < 4.78 is 0. The molecule has 0 unspecified atom stereocenters. The molecule has 2 fully saturated rings. The van der Waals surface area contributed by atoms with Gasteiger partial charge < -0.3 is 10.6 Å². The van der Waals surface area contributed by atoms with Gasteiger partial charge in [-0.1, -0.05) is 42.0 Å². The van der Waals surface area contributed by atoms with Gasteiger partial charge >= 0.3 is 0 Å². The van der Waals surface area contributed by atoms with Gasteiger partial charge in [-0.3, -0.25) is 4.79 Å². The minimum absolute atomic E-state index is 0.0779. The summed E-state index contributed by atoms with van der Waals surface area (Å²) in [5.41, 5.74) is 6.36. The van der Waals surface area contributed by atoms with Crippen LogP contribution in [0.2, 0.25) is 0 Å². The highest BCUT2D eigenvalue weighted by molar-refractivity contribution is 5.95. The molecule has 0 aromatic heterocycles. The van der Waals surface area contributed by atoms with E-state index in [0.717, 1.165) is 30.4 Å². The van der Waals surface area contributed by atoms with Crippen LogP contribution in [0.15, 0.2) is 60.2 Å². The predicted molar refractivity (Wildman–Crippen MR) is 130 cm³/mol. The third-order valence-corrected chi connectivity index (χ3v) is 8.62. The van der Waals surface area contributed by atoms with E-state index in [2.05, 4.69) is 59.2 Å². The van der Waals surface area contributed by atoms with Crippen LogP contribution in [0.5, 0.6) is 0 Å². The van der Waals surface area contributed by atoms with Crippen LogP contribution in [0.3, 0.4) is 0 Å². The van der Waals surface area contributed by atoms with Gasteiger partial charge in [-0.05, 0) is 104 Å². The summed E-state index contributed by atoms with van der Waals surface area (Å²) in [6, 6.07) is 17.7. The first-order chi connectivity index (χ1) is 15.8. The quantitative estimate of drug-likeness (QED) is 0.529. The first kappa shape index (κ1) is 20.1. The number of rotatable bonds is 5. The minimum atomic E-state index is 0.0779. The number of anilines is 1. The molecule has 2 bridgehead atoms. The van der Waals surface area contributed by atoms with Crippen molar-refractivity contribution in [2.75, 3.05) is 11.9 Å². The highest BCUT2D eigenvalue weighted by Gasteiger charge is 2.53. The molecule has 2 aromatic carbocycles. The van der Waals surface area contributed by atoms with Gasteiger partial charge in [0.1, 0.15) is 0 Å². The van der Waals surface area contributed by atoms with Gasteiger partial charge in [0, 0.05) is 17.8 Å². The molecule has 6 rings (SSSR count). The molecule has 1 aliphatic heterocycles. The Morgan fingerprint density at radius 2 is 1.91 bits per heavy atom. The molecule has 1 amide bonds. The molecule has 0 saturated heterocycles. The molecule has 4 aliphatic rings. The molecule has 3 aliphatic carbocycles. The fourth-order valence-corrected chi connectivity index (χ4v) is 7.19. The van der Waals surface area contributed by atoms with Gasteiger partial charge in [-0.2, -0.15) is 0 Å². The maximum Gasteiger partial charge on any atom is 0.251 e. The number of nitrogens with one attached hydrogen (secondary N) is 2. The van der Waals surface area contributed by atoms with Gasteiger partial charge in [0.15, 0.2) is 0 Å². The summed E-state index contributed by atoms with van der Waals surface area (Å²) in [7, 11) is 0. The van der Waals surface area contributed by atoms with E-state index in [9.17, 15) is 4.79 Å². The fourth-order valence-electron chi connectivity index (χ4n) is 7.19. The van der Waals surface area contributed by atoms with Gasteiger partial charge in [0.05, 0.1) is 6.04 Å². The molecule has 5 atom stereocenters. The lowest BCUT2D eigenvalue weighted by Gasteiger charge is -2.43. The van der Waals surface area contributed by atoms with Gasteiger partial charge in [-0.25, -0.2) is 0 Å². The third-order valence-electron chi connectivity index (χ3n) is 8.62. The number of fused-ring (bicyclic) bond motifs is 7. The van der Waals surface area contributed by atoms with Crippen LogP contribution in [0.1, 0.15) is 84.8 Å². The topological polar surface area (TPSA) is 41.1 Å². The summed E-state index contributed by atoms with van der Waals surface area (Å²) in [6.07, 6.45) is 12.4. The van der Waals surface area contributed by atoms with Crippen molar-refractivity contribution in [2.24, 2.45) is 17.8 Å². The Bertz CT molecular complexity index is 1030. The molecular formula is C29H34N2O. The molecule has 166 valence electrons. The molecule has 3 nitrogen and oxygen atoms in total. The number of hydrogen-bond acceptors (Lipinski definition) is 2. The Hall–Kier alpha value is -2.55. The Morgan fingerprint density at radius 3 is 2.75 bits per heavy atom. The van der Waals surface area contributed by atoms with Crippen molar-refractivity contribution in [2.45, 2.75) is 63.3 Å².